The fourth-order valence-electron chi connectivity index (χ4n) is 8.65. The van der Waals surface area contributed by atoms with Crippen molar-refractivity contribution in [1.82, 2.24) is 31.1 Å². The molecule has 0 unspecified atom stereocenters. The van der Waals surface area contributed by atoms with Crippen molar-refractivity contribution in [1.29, 1.82) is 0 Å². The zero-order valence-corrected chi connectivity index (χ0v) is 44.6. The molecule has 2 aliphatic heterocycles. The van der Waals surface area contributed by atoms with E-state index in [0.717, 1.165) is 22.3 Å². The van der Waals surface area contributed by atoms with E-state index in [-0.39, 0.29) is 51.0 Å². The van der Waals surface area contributed by atoms with Crippen molar-refractivity contribution in [3.63, 3.8) is 0 Å². The van der Waals surface area contributed by atoms with Crippen molar-refractivity contribution in [2.24, 2.45) is 10.8 Å². The number of nitrogens with zero attached hydrogens (tertiary/aromatic N) is 2. The van der Waals surface area contributed by atoms with E-state index in [1.54, 1.807) is 41.5 Å². The van der Waals surface area contributed by atoms with Gasteiger partial charge in [-0.15, -0.1) is 0 Å². The third kappa shape index (κ3) is 17.6. The van der Waals surface area contributed by atoms with E-state index < -0.39 is 82.4 Å². The number of hydrogen-bond donors (Lipinski definition) is 4. The van der Waals surface area contributed by atoms with Crippen LogP contribution in [0.25, 0.3) is 0 Å². The third-order valence-corrected chi connectivity index (χ3v) is 12.4. The minimum Gasteiger partial charge on any atom is -0.444 e. The summed E-state index contributed by atoms with van der Waals surface area (Å²) in [5, 5.41) is 11.6. The van der Waals surface area contributed by atoms with E-state index in [1.165, 1.54) is 9.80 Å². The molecule has 0 saturated carbocycles. The second-order valence-electron chi connectivity index (χ2n) is 23.1. The first-order valence-electron chi connectivity index (χ1n) is 25.2. The minimum absolute atomic E-state index is 0.143. The van der Waals surface area contributed by atoms with Crippen molar-refractivity contribution < 1.29 is 47.7 Å². The number of hydrogen-bond acceptors (Lipinski definition) is 10. The van der Waals surface area contributed by atoms with Crippen molar-refractivity contribution in [3.8, 4) is 0 Å². The Morgan fingerprint density at radius 3 is 1.14 bits per heavy atom. The first kappa shape index (κ1) is 56.9. The van der Waals surface area contributed by atoms with Crippen LogP contribution in [-0.4, -0.2) is 119 Å². The molecule has 0 bridgehead atoms. The van der Waals surface area contributed by atoms with Crippen LogP contribution in [0.5, 0.6) is 0 Å². The van der Waals surface area contributed by atoms with E-state index in [0.29, 0.717) is 25.9 Å². The maximum Gasteiger partial charge on any atom is 0.408 e. The Morgan fingerprint density at radius 1 is 0.500 bits per heavy atom. The second-order valence-corrected chi connectivity index (χ2v) is 23.1. The maximum atomic E-state index is 14.4. The summed E-state index contributed by atoms with van der Waals surface area (Å²) in [5.74, 6) is -1.39. The van der Waals surface area contributed by atoms with E-state index in [4.69, 9.17) is 18.9 Å². The maximum absolute atomic E-state index is 14.4. The van der Waals surface area contributed by atoms with Crippen LogP contribution in [0.15, 0.2) is 84.9 Å². The van der Waals surface area contributed by atoms with Crippen molar-refractivity contribution in [3.05, 3.63) is 107 Å². The summed E-state index contributed by atoms with van der Waals surface area (Å²) in [4.78, 5) is 85.5. The highest BCUT2D eigenvalue weighted by Gasteiger charge is 2.47. The fourth-order valence-corrected chi connectivity index (χ4v) is 8.65. The van der Waals surface area contributed by atoms with Crippen LogP contribution in [-0.2, 0) is 64.2 Å². The number of rotatable bonds is 18. The van der Waals surface area contributed by atoms with Gasteiger partial charge in [0.1, 0.15) is 35.4 Å². The molecule has 16 nitrogen and oxygen atoms in total. The lowest BCUT2D eigenvalue weighted by Crippen LogP contribution is -2.58. The van der Waals surface area contributed by atoms with Gasteiger partial charge >= 0.3 is 12.2 Å². The number of alkyl carbamates (subject to hydrolysis) is 2. The number of nitrogens with one attached hydrogen (secondary N) is 4. The van der Waals surface area contributed by atoms with Gasteiger partial charge in [-0.1, -0.05) is 126 Å². The minimum atomic E-state index is -0.984. The molecule has 72 heavy (non-hydrogen) atoms. The molecule has 16 heteroatoms. The smallest absolute Gasteiger partial charge is 0.408 e. The van der Waals surface area contributed by atoms with Gasteiger partial charge in [-0.3, -0.25) is 19.2 Å². The molecule has 6 atom stereocenters. The van der Waals surface area contributed by atoms with Crippen LogP contribution in [0, 0.1) is 10.8 Å². The van der Waals surface area contributed by atoms with Gasteiger partial charge in [-0.25, -0.2) is 9.59 Å². The van der Waals surface area contributed by atoms with E-state index in [2.05, 4.69) is 21.3 Å². The molecule has 3 aromatic rings. The average molecular weight is 997 g/mol. The molecule has 2 aliphatic rings. The van der Waals surface area contributed by atoms with Gasteiger partial charge in [0.25, 0.3) is 0 Å². The van der Waals surface area contributed by atoms with Crippen LogP contribution in [0.1, 0.15) is 118 Å². The standard InChI is InChI=1S/C56H80N6O10/c1-53(2,3)45(59-51(67)71-55(7,8)9)49(65)61-33-41(31-43(61)47(63)57-29-27-37-19-15-13-16-20-37)69-35-39-23-25-40(26-24-39)36-70-42-32-44(48(64)58-30-28-38-21-17-14-18-22-38)62(34-42)50(66)46(54(4,5)6)60-52(68)72-56(10,11)12/h13-26,41-46H,27-36H2,1-12H3,(H,57,63)(H,58,64)(H,59,67)(H,60,68)/t41-,42-,43-,44-,45+,46+/m0/s1. The summed E-state index contributed by atoms with van der Waals surface area (Å²) in [6.45, 7) is 23.1. The topological polar surface area (TPSA) is 194 Å². The molecule has 0 radical (unpaired) electrons. The van der Waals surface area contributed by atoms with Crippen molar-refractivity contribution in [2.75, 3.05) is 26.2 Å². The largest absolute Gasteiger partial charge is 0.444 e. The molecule has 0 aliphatic carbocycles. The van der Waals surface area contributed by atoms with Crippen molar-refractivity contribution in [2.45, 2.75) is 170 Å². The van der Waals surface area contributed by atoms with Gasteiger partial charge in [0.15, 0.2) is 0 Å². The molecule has 3 aromatic carbocycles. The molecule has 0 spiro atoms. The highest BCUT2D eigenvalue weighted by molar-refractivity contribution is 5.93. The number of benzene rings is 3. The van der Waals surface area contributed by atoms with Gasteiger partial charge in [-0.05, 0) is 87.5 Å². The summed E-state index contributed by atoms with van der Waals surface area (Å²) in [7, 11) is 0. The number of carbonyl (C=O) groups is 6. The number of ether oxygens (including phenoxy) is 4. The van der Waals surface area contributed by atoms with Gasteiger partial charge in [-0.2, -0.15) is 0 Å². The summed E-state index contributed by atoms with van der Waals surface area (Å²) in [5.41, 5.74) is 0.899. The molecular weight excluding hydrogens is 917 g/mol. The first-order valence-corrected chi connectivity index (χ1v) is 25.2. The van der Waals surface area contributed by atoms with Crippen LogP contribution in [0.4, 0.5) is 9.59 Å². The lowest BCUT2D eigenvalue weighted by Gasteiger charge is -2.35. The van der Waals surface area contributed by atoms with E-state index in [9.17, 15) is 28.8 Å². The Balaban J connectivity index is 1.24. The zero-order valence-electron chi connectivity index (χ0n) is 44.6. The predicted molar refractivity (Wildman–Crippen MR) is 275 cm³/mol. The normalized spacial score (nSPS) is 19.2. The first-order chi connectivity index (χ1) is 33.7. The molecule has 2 fully saturated rings. The van der Waals surface area contributed by atoms with Crippen molar-refractivity contribution >= 4 is 35.8 Å². The molecule has 394 valence electrons. The average Bonchev–Trinajstić information content (AvgIpc) is 3.93. The Labute approximate surface area is 427 Å². The molecular formula is C56H80N6O10. The lowest BCUT2D eigenvalue weighted by atomic mass is 9.85. The summed E-state index contributed by atoms with van der Waals surface area (Å²) in [6, 6.07) is 23.7. The Hall–Kier alpha value is -6.00. The Kier molecular flexibility index (Phi) is 19.5. The van der Waals surface area contributed by atoms with Gasteiger partial charge in [0.05, 0.1) is 25.4 Å². The number of carbonyl (C=O) groups excluding carboxylic acids is 6. The van der Waals surface area contributed by atoms with Crippen LogP contribution >= 0.6 is 0 Å². The Bertz CT molecular complexity index is 2120. The predicted octanol–water partition coefficient (Wildman–Crippen LogP) is 7.26. The highest BCUT2D eigenvalue weighted by Crippen LogP contribution is 2.30. The molecule has 5 rings (SSSR count). The summed E-state index contributed by atoms with van der Waals surface area (Å²) < 4.78 is 23.8. The molecule has 4 N–H and O–H groups in total. The van der Waals surface area contributed by atoms with Gasteiger partial charge in [0.2, 0.25) is 23.6 Å². The third-order valence-electron chi connectivity index (χ3n) is 12.4. The second kappa shape index (κ2) is 24.6. The fraction of sp³-hybridized carbons (Fsp3) is 0.571. The number of likely N-dealkylation sites (tertiary alicyclic amines) is 2. The SMILES string of the molecule is CC(C)(C)OC(=O)N[C@H](C(=O)N1C[C@@H](OCc2ccc(CO[C@H]3C[C@@H](C(=O)NCCc4ccccc4)N(C(=O)[C@@H](NC(=O)OC(C)(C)C)C(C)(C)C)C3)cc2)C[C@H]1C(=O)NCCc1ccccc1)C(C)(C)C. The molecule has 2 heterocycles. The highest BCUT2D eigenvalue weighted by atomic mass is 16.6. The van der Waals surface area contributed by atoms with Crippen LogP contribution < -0.4 is 21.3 Å². The van der Waals surface area contributed by atoms with Crippen LogP contribution in [0.3, 0.4) is 0 Å². The van der Waals surface area contributed by atoms with Crippen LogP contribution in [0.2, 0.25) is 0 Å². The van der Waals surface area contributed by atoms with Gasteiger partial charge in [0, 0.05) is 39.0 Å². The molecule has 6 amide bonds. The number of amides is 6. The molecule has 0 aromatic heterocycles. The molecule has 2 saturated heterocycles. The summed E-state index contributed by atoms with van der Waals surface area (Å²) >= 11 is 0. The van der Waals surface area contributed by atoms with E-state index in [1.807, 2.05) is 126 Å². The van der Waals surface area contributed by atoms with E-state index >= 15 is 0 Å². The summed E-state index contributed by atoms with van der Waals surface area (Å²) in [6.07, 6.45) is -0.619. The lowest BCUT2D eigenvalue weighted by molar-refractivity contribution is -0.142. The van der Waals surface area contributed by atoms with Gasteiger partial charge < -0.3 is 50.0 Å². The monoisotopic (exact) mass is 997 g/mol. The Morgan fingerprint density at radius 2 is 0.833 bits per heavy atom. The quantitative estimate of drug-likeness (QED) is 0.101. The zero-order chi connectivity index (χ0) is 53.0.